The van der Waals surface area contributed by atoms with Crippen molar-refractivity contribution >= 4 is 11.8 Å². The molecule has 1 saturated carbocycles. The highest BCUT2D eigenvalue weighted by Gasteiger charge is 2.28. The number of H-pyrrole nitrogens is 1. The van der Waals surface area contributed by atoms with Crippen LogP contribution in [0.4, 0.5) is 0 Å². The minimum atomic E-state index is -0.174. The molecule has 1 aliphatic rings. The Morgan fingerprint density at radius 2 is 2.50 bits per heavy atom. The van der Waals surface area contributed by atoms with E-state index in [1.807, 2.05) is 0 Å². The first-order valence-electron chi connectivity index (χ1n) is 4.68. The first-order chi connectivity index (χ1) is 6.68. The zero-order valence-electron chi connectivity index (χ0n) is 8.06. The van der Waals surface area contributed by atoms with Crippen molar-refractivity contribution in [1.82, 2.24) is 14.8 Å². The maximum absolute atomic E-state index is 11.0. The molecule has 3 N–H and O–H groups in total. The van der Waals surface area contributed by atoms with Crippen LogP contribution in [0, 0.1) is 5.92 Å². The molecule has 5 nitrogen and oxygen atoms in total. The Kier molecular flexibility index (Phi) is 2.64. The molecule has 6 heteroatoms. The van der Waals surface area contributed by atoms with Gasteiger partial charge in [-0.05, 0) is 18.8 Å². The van der Waals surface area contributed by atoms with Gasteiger partial charge in [-0.2, -0.15) is 0 Å². The third-order valence-corrected chi connectivity index (χ3v) is 3.65. The molecule has 1 aromatic rings. The monoisotopic (exact) mass is 214 g/mol. The van der Waals surface area contributed by atoms with Gasteiger partial charge in [0.15, 0.2) is 5.16 Å². The smallest absolute Gasteiger partial charge is 0.327 e. The van der Waals surface area contributed by atoms with Gasteiger partial charge in [-0.15, -0.1) is 5.10 Å². The molecular weight excluding hydrogens is 200 g/mol. The topological polar surface area (TPSA) is 76.7 Å². The number of hydrogen-bond acceptors (Lipinski definition) is 4. The summed E-state index contributed by atoms with van der Waals surface area (Å²) < 4.78 is 1.50. The minimum Gasteiger partial charge on any atom is -0.327 e. The van der Waals surface area contributed by atoms with Gasteiger partial charge < -0.3 is 5.73 Å². The van der Waals surface area contributed by atoms with Crippen molar-refractivity contribution in [2.75, 3.05) is 5.75 Å². The second kappa shape index (κ2) is 3.78. The van der Waals surface area contributed by atoms with Crippen molar-refractivity contribution in [2.45, 2.75) is 24.0 Å². The number of aromatic nitrogens is 3. The van der Waals surface area contributed by atoms with Gasteiger partial charge in [-0.3, -0.25) is 4.57 Å². The Labute approximate surface area is 86.1 Å². The highest BCUT2D eigenvalue weighted by atomic mass is 32.2. The maximum atomic E-state index is 11.0. The lowest BCUT2D eigenvalue weighted by Gasteiger charge is -2.07. The fraction of sp³-hybridized carbons (Fsp3) is 0.750. The normalized spacial score (nSPS) is 18.4. The van der Waals surface area contributed by atoms with Crippen molar-refractivity contribution < 1.29 is 0 Å². The third kappa shape index (κ3) is 2.01. The van der Waals surface area contributed by atoms with Crippen LogP contribution < -0.4 is 11.4 Å². The standard InChI is InChI=1S/C8H14N4OS/c1-12-7(13)10-11-8(12)14-4-6(9)5-2-3-5/h5-6H,2-4,9H2,1H3,(H,10,13). The SMILES string of the molecule is Cn1c(SCC(N)C2CC2)n[nH]c1=O. The summed E-state index contributed by atoms with van der Waals surface area (Å²) in [4.78, 5) is 11.0. The molecule has 0 amide bonds. The van der Waals surface area contributed by atoms with E-state index in [4.69, 9.17) is 5.73 Å². The van der Waals surface area contributed by atoms with E-state index in [2.05, 4.69) is 10.2 Å². The molecule has 1 atom stereocenters. The van der Waals surface area contributed by atoms with E-state index in [0.717, 1.165) is 5.75 Å². The molecule has 0 spiro atoms. The molecule has 1 aliphatic carbocycles. The Balaban J connectivity index is 1.90. The fourth-order valence-electron chi connectivity index (χ4n) is 1.29. The van der Waals surface area contributed by atoms with E-state index in [-0.39, 0.29) is 11.7 Å². The summed E-state index contributed by atoms with van der Waals surface area (Å²) in [5.74, 6) is 1.53. The van der Waals surface area contributed by atoms with Crippen LogP contribution in [0.15, 0.2) is 9.95 Å². The molecule has 0 radical (unpaired) electrons. The summed E-state index contributed by atoms with van der Waals surface area (Å²) in [6.45, 7) is 0. The fourth-order valence-corrected chi connectivity index (χ4v) is 2.29. The molecule has 1 heterocycles. The zero-order chi connectivity index (χ0) is 10.1. The Morgan fingerprint density at radius 1 is 1.79 bits per heavy atom. The van der Waals surface area contributed by atoms with Gasteiger partial charge >= 0.3 is 5.69 Å². The highest BCUT2D eigenvalue weighted by Crippen LogP contribution is 2.33. The van der Waals surface area contributed by atoms with Gasteiger partial charge in [0.2, 0.25) is 0 Å². The second-order valence-electron chi connectivity index (χ2n) is 3.68. The average Bonchev–Trinajstić information content (AvgIpc) is 2.95. The predicted octanol–water partition coefficient (Wildman–Crippen LogP) is -0.0622. The molecule has 0 aromatic carbocycles. The van der Waals surface area contributed by atoms with Crippen LogP contribution in [-0.2, 0) is 7.05 Å². The highest BCUT2D eigenvalue weighted by molar-refractivity contribution is 7.99. The number of nitrogens with two attached hydrogens (primary N) is 1. The van der Waals surface area contributed by atoms with Crippen molar-refractivity contribution in [1.29, 1.82) is 0 Å². The molecule has 1 aromatic heterocycles. The molecule has 14 heavy (non-hydrogen) atoms. The minimum absolute atomic E-state index is 0.174. The lowest BCUT2D eigenvalue weighted by Crippen LogP contribution is -2.25. The quantitative estimate of drug-likeness (QED) is 0.688. The predicted molar refractivity (Wildman–Crippen MR) is 55.3 cm³/mol. The number of nitrogens with one attached hydrogen (secondary N) is 1. The molecule has 1 fully saturated rings. The zero-order valence-corrected chi connectivity index (χ0v) is 8.88. The maximum Gasteiger partial charge on any atom is 0.343 e. The van der Waals surface area contributed by atoms with Crippen LogP contribution in [0.2, 0.25) is 0 Å². The summed E-state index contributed by atoms with van der Waals surface area (Å²) in [6, 6.07) is 0.242. The lowest BCUT2D eigenvalue weighted by molar-refractivity contribution is 0.656. The lowest BCUT2D eigenvalue weighted by atomic mass is 10.2. The summed E-state index contributed by atoms with van der Waals surface area (Å²) in [7, 11) is 1.71. The van der Waals surface area contributed by atoms with Crippen LogP contribution >= 0.6 is 11.8 Å². The van der Waals surface area contributed by atoms with Crippen molar-refractivity contribution in [2.24, 2.45) is 18.7 Å². The van der Waals surface area contributed by atoms with Crippen molar-refractivity contribution in [3.8, 4) is 0 Å². The number of thioether (sulfide) groups is 1. The summed E-state index contributed by atoms with van der Waals surface area (Å²) in [5, 5.41) is 7.02. The van der Waals surface area contributed by atoms with Gasteiger partial charge in [0, 0.05) is 18.8 Å². The van der Waals surface area contributed by atoms with Gasteiger partial charge in [-0.25, -0.2) is 9.89 Å². The second-order valence-corrected chi connectivity index (χ2v) is 4.67. The molecule has 0 bridgehead atoms. The van der Waals surface area contributed by atoms with E-state index < -0.39 is 0 Å². The Hall–Kier alpha value is -0.750. The van der Waals surface area contributed by atoms with Gasteiger partial charge in [0.1, 0.15) is 0 Å². The molecule has 0 aliphatic heterocycles. The number of hydrogen-bond donors (Lipinski definition) is 2. The summed E-state index contributed by atoms with van der Waals surface area (Å²) >= 11 is 1.54. The molecule has 2 rings (SSSR count). The van der Waals surface area contributed by atoms with E-state index in [1.54, 1.807) is 7.05 Å². The largest absolute Gasteiger partial charge is 0.343 e. The number of nitrogens with zero attached hydrogens (tertiary/aromatic N) is 2. The van der Waals surface area contributed by atoms with Crippen LogP contribution in [-0.4, -0.2) is 26.6 Å². The summed E-state index contributed by atoms with van der Waals surface area (Å²) in [6.07, 6.45) is 2.50. The van der Waals surface area contributed by atoms with Crippen molar-refractivity contribution in [3.63, 3.8) is 0 Å². The van der Waals surface area contributed by atoms with Gasteiger partial charge in [0.05, 0.1) is 0 Å². The molecule has 1 unspecified atom stereocenters. The van der Waals surface area contributed by atoms with Crippen LogP contribution in [0.1, 0.15) is 12.8 Å². The summed E-state index contributed by atoms with van der Waals surface area (Å²) in [5.41, 5.74) is 5.76. The van der Waals surface area contributed by atoms with Crippen LogP contribution in [0.25, 0.3) is 0 Å². The van der Waals surface area contributed by atoms with E-state index in [0.29, 0.717) is 11.1 Å². The first kappa shape index (κ1) is 9.79. The molecule has 0 saturated heterocycles. The van der Waals surface area contributed by atoms with Gasteiger partial charge in [-0.1, -0.05) is 11.8 Å². The van der Waals surface area contributed by atoms with E-state index >= 15 is 0 Å². The third-order valence-electron chi connectivity index (χ3n) is 2.47. The van der Waals surface area contributed by atoms with Crippen molar-refractivity contribution in [3.05, 3.63) is 10.5 Å². The van der Waals surface area contributed by atoms with Crippen LogP contribution in [0.3, 0.4) is 0 Å². The molecule has 78 valence electrons. The van der Waals surface area contributed by atoms with E-state index in [1.165, 1.54) is 29.2 Å². The van der Waals surface area contributed by atoms with Crippen LogP contribution in [0.5, 0.6) is 0 Å². The first-order valence-corrected chi connectivity index (χ1v) is 5.67. The average molecular weight is 214 g/mol. The number of rotatable bonds is 4. The van der Waals surface area contributed by atoms with Gasteiger partial charge in [0.25, 0.3) is 0 Å². The molecular formula is C8H14N4OS. The van der Waals surface area contributed by atoms with E-state index in [9.17, 15) is 4.79 Å². The Bertz CT molecular complexity index is 368. The Morgan fingerprint density at radius 3 is 3.00 bits per heavy atom. The number of aromatic amines is 1.